The standard InChI is InChI=1S/C16H23NO6/c1-13(18)22-10-8-17(20,9-11-23-14(2)19)12-15-4-6-16(21-3)7-5-15/h4-7H,8-12H2,1-3H3. The highest BCUT2D eigenvalue weighted by atomic mass is 16.6. The molecule has 0 N–H and O–H groups in total. The van der Waals surface area contributed by atoms with Crippen LogP contribution < -0.4 is 4.74 Å². The number of benzene rings is 1. The topological polar surface area (TPSA) is 84.9 Å². The van der Waals surface area contributed by atoms with Crippen LogP contribution in [0, 0.1) is 5.21 Å². The number of ether oxygens (including phenoxy) is 3. The maximum Gasteiger partial charge on any atom is 0.302 e. The molecule has 0 saturated heterocycles. The van der Waals surface area contributed by atoms with Crippen molar-refractivity contribution >= 4 is 11.9 Å². The zero-order chi connectivity index (χ0) is 17.3. The largest absolute Gasteiger partial charge is 0.632 e. The first kappa shape index (κ1) is 18.9. The smallest absolute Gasteiger partial charge is 0.302 e. The highest BCUT2D eigenvalue weighted by molar-refractivity contribution is 5.66. The third-order valence-corrected chi connectivity index (χ3v) is 3.24. The van der Waals surface area contributed by atoms with E-state index in [2.05, 4.69) is 0 Å². The summed E-state index contributed by atoms with van der Waals surface area (Å²) in [4.78, 5) is 21.7. The fraction of sp³-hybridized carbons (Fsp3) is 0.500. The van der Waals surface area contributed by atoms with Crippen LogP contribution in [-0.4, -0.2) is 50.0 Å². The predicted molar refractivity (Wildman–Crippen MR) is 83.3 cm³/mol. The summed E-state index contributed by atoms with van der Waals surface area (Å²) in [5.41, 5.74) is 0.825. The van der Waals surface area contributed by atoms with E-state index in [0.717, 1.165) is 5.56 Å². The van der Waals surface area contributed by atoms with E-state index in [1.54, 1.807) is 31.4 Å². The van der Waals surface area contributed by atoms with E-state index in [-0.39, 0.29) is 32.8 Å². The van der Waals surface area contributed by atoms with Crippen LogP contribution in [0.1, 0.15) is 19.4 Å². The molecule has 0 amide bonds. The number of nitrogens with zero attached hydrogens (tertiary/aromatic N) is 1. The maximum absolute atomic E-state index is 12.9. The van der Waals surface area contributed by atoms with Crippen molar-refractivity contribution in [1.82, 2.24) is 0 Å². The van der Waals surface area contributed by atoms with Gasteiger partial charge in [-0.3, -0.25) is 9.59 Å². The Morgan fingerprint density at radius 3 is 1.87 bits per heavy atom. The number of carbonyl (C=O) groups excluding carboxylic acids is 2. The fourth-order valence-electron chi connectivity index (χ4n) is 2.05. The van der Waals surface area contributed by atoms with Crippen molar-refractivity contribution in [3.8, 4) is 5.75 Å². The highest BCUT2D eigenvalue weighted by Gasteiger charge is 2.19. The van der Waals surface area contributed by atoms with E-state index in [1.807, 2.05) is 0 Å². The van der Waals surface area contributed by atoms with Crippen molar-refractivity contribution in [2.75, 3.05) is 33.4 Å². The van der Waals surface area contributed by atoms with E-state index in [4.69, 9.17) is 14.2 Å². The van der Waals surface area contributed by atoms with Gasteiger partial charge in [-0.1, -0.05) is 0 Å². The highest BCUT2D eigenvalue weighted by Crippen LogP contribution is 2.17. The molecule has 1 aromatic carbocycles. The molecule has 0 atom stereocenters. The molecule has 1 rings (SSSR count). The average Bonchev–Trinajstić information content (AvgIpc) is 2.47. The number of hydrogen-bond donors (Lipinski definition) is 0. The van der Waals surface area contributed by atoms with Gasteiger partial charge in [0.1, 0.15) is 38.6 Å². The van der Waals surface area contributed by atoms with Gasteiger partial charge in [-0.2, -0.15) is 0 Å². The summed E-state index contributed by atoms with van der Waals surface area (Å²) in [5, 5.41) is 12.9. The third kappa shape index (κ3) is 7.62. The Kier molecular flexibility index (Phi) is 7.50. The van der Waals surface area contributed by atoms with Gasteiger partial charge >= 0.3 is 11.9 Å². The van der Waals surface area contributed by atoms with Crippen molar-refractivity contribution < 1.29 is 28.4 Å². The van der Waals surface area contributed by atoms with Crippen LogP contribution in [0.15, 0.2) is 24.3 Å². The Balaban J connectivity index is 2.70. The van der Waals surface area contributed by atoms with Gasteiger partial charge in [-0.05, 0) is 24.3 Å². The van der Waals surface area contributed by atoms with Crippen LogP contribution in [0.2, 0.25) is 0 Å². The first-order valence-corrected chi connectivity index (χ1v) is 7.31. The molecule has 0 unspecified atom stereocenters. The summed E-state index contributed by atoms with van der Waals surface area (Å²) in [6, 6.07) is 7.17. The van der Waals surface area contributed by atoms with Gasteiger partial charge in [-0.15, -0.1) is 0 Å². The number of hydroxylamine groups is 3. The quantitative estimate of drug-likeness (QED) is 0.390. The minimum Gasteiger partial charge on any atom is -0.632 e. The molecule has 0 fully saturated rings. The molecule has 0 aliphatic carbocycles. The molecule has 1 aromatic rings. The van der Waals surface area contributed by atoms with Crippen molar-refractivity contribution in [2.45, 2.75) is 20.4 Å². The lowest BCUT2D eigenvalue weighted by Crippen LogP contribution is -2.46. The maximum atomic E-state index is 12.9. The van der Waals surface area contributed by atoms with Crippen molar-refractivity contribution in [1.29, 1.82) is 0 Å². The van der Waals surface area contributed by atoms with Crippen molar-refractivity contribution in [3.05, 3.63) is 35.0 Å². The molecule has 0 heterocycles. The second-order valence-electron chi connectivity index (χ2n) is 5.19. The molecular formula is C16H23NO6. The van der Waals surface area contributed by atoms with Gasteiger partial charge in [0, 0.05) is 19.4 Å². The second-order valence-corrected chi connectivity index (χ2v) is 5.19. The summed E-state index contributed by atoms with van der Waals surface area (Å²) >= 11 is 0. The summed E-state index contributed by atoms with van der Waals surface area (Å²) in [5.74, 6) is -0.153. The first-order chi connectivity index (χ1) is 10.8. The molecule has 0 radical (unpaired) electrons. The van der Waals surface area contributed by atoms with Crippen LogP contribution in [0.4, 0.5) is 0 Å². The molecule has 0 spiro atoms. The predicted octanol–water partition coefficient (Wildman–Crippen LogP) is 1.64. The van der Waals surface area contributed by atoms with Gasteiger partial charge < -0.3 is 24.1 Å². The molecule has 0 aliphatic heterocycles. The van der Waals surface area contributed by atoms with E-state index < -0.39 is 16.6 Å². The lowest BCUT2D eigenvalue weighted by Gasteiger charge is -2.42. The van der Waals surface area contributed by atoms with E-state index in [9.17, 15) is 14.8 Å². The number of carbonyl (C=O) groups is 2. The normalized spacial score (nSPS) is 11.0. The molecule has 0 bridgehead atoms. The number of hydrogen-bond acceptors (Lipinski definition) is 6. The monoisotopic (exact) mass is 325 g/mol. The van der Waals surface area contributed by atoms with Gasteiger partial charge in [0.25, 0.3) is 0 Å². The number of quaternary nitrogens is 1. The Morgan fingerprint density at radius 1 is 1.00 bits per heavy atom. The van der Waals surface area contributed by atoms with E-state index in [1.165, 1.54) is 13.8 Å². The van der Waals surface area contributed by atoms with E-state index in [0.29, 0.717) is 5.75 Å². The molecule has 7 nitrogen and oxygen atoms in total. The molecular weight excluding hydrogens is 302 g/mol. The minimum atomic E-state index is -0.646. The van der Waals surface area contributed by atoms with Crippen molar-refractivity contribution in [3.63, 3.8) is 0 Å². The van der Waals surface area contributed by atoms with E-state index >= 15 is 0 Å². The zero-order valence-corrected chi connectivity index (χ0v) is 13.7. The van der Waals surface area contributed by atoms with Gasteiger partial charge in [0.05, 0.1) is 7.11 Å². The van der Waals surface area contributed by atoms with Crippen LogP contribution >= 0.6 is 0 Å². The Labute approximate surface area is 135 Å². The summed E-state index contributed by atoms with van der Waals surface area (Å²) in [6.07, 6.45) is 0. The van der Waals surface area contributed by atoms with Gasteiger partial charge in [0.15, 0.2) is 0 Å². The van der Waals surface area contributed by atoms with Crippen LogP contribution in [0.3, 0.4) is 0 Å². The minimum absolute atomic E-state index is 0.0229. The SMILES string of the molecule is COc1ccc(C[N+]([O-])(CCOC(C)=O)CCOC(C)=O)cc1. The summed E-state index contributed by atoms with van der Waals surface area (Å²) < 4.78 is 14.2. The molecule has 0 aromatic heterocycles. The number of rotatable bonds is 9. The Hall–Kier alpha value is -2.12. The van der Waals surface area contributed by atoms with Crippen molar-refractivity contribution in [2.24, 2.45) is 0 Å². The molecule has 0 saturated carbocycles. The summed E-state index contributed by atoms with van der Waals surface area (Å²) in [7, 11) is 1.57. The molecule has 7 heteroatoms. The number of esters is 2. The fourth-order valence-corrected chi connectivity index (χ4v) is 2.05. The third-order valence-electron chi connectivity index (χ3n) is 3.24. The second kappa shape index (κ2) is 9.12. The Morgan fingerprint density at radius 2 is 1.48 bits per heavy atom. The summed E-state index contributed by atoms with van der Waals surface area (Å²) in [6.45, 7) is 3.00. The average molecular weight is 325 g/mol. The van der Waals surface area contributed by atoms with Crippen LogP contribution in [0.25, 0.3) is 0 Å². The molecule has 128 valence electrons. The lowest BCUT2D eigenvalue weighted by atomic mass is 10.2. The van der Waals surface area contributed by atoms with Crippen LogP contribution in [-0.2, 0) is 25.6 Å². The van der Waals surface area contributed by atoms with Gasteiger partial charge in [-0.25, -0.2) is 0 Å². The molecule has 23 heavy (non-hydrogen) atoms. The zero-order valence-electron chi connectivity index (χ0n) is 13.7. The Bertz CT molecular complexity index is 494. The molecule has 0 aliphatic rings. The lowest BCUT2D eigenvalue weighted by molar-refractivity contribution is -0.894. The van der Waals surface area contributed by atoms with Crippen LogP contribution in [0.5, 0.6) is 5.75 Å². The number of methoxy groups -OCH3 is 1. The van der Waals surface area contributed by atoms with Gasteiger partial charge in [0.2, 0.25) is 0 Å². The first-order valence-electron chi connectivity index (χ1n) is 7.31.